The van der Waals surface area contributed by atoms with Crippen molar-refractivity contribution in [1.82, 2.24) is 24.7 Å². The zero-order valence-electron chi connectivity index (χ0n) is 17.7. The van der Waals surface area contributed by atoms with Crippen LogP contribution in [0.15, 0.2) is 36.9 Å². The highest BCUT2D eigenvalue weighted by molar-refractivity contribution is 6.20. The van der Waals surface area contributed by atoms with Crippen LogP contribution in [0.3, 0.4) is 0 Å². The first-order chi connectivity index (χ1) is 15.6. The number of carbonyl (C=O) groups excluding carboxylic acids is 1. The molecule has 172 valence electrons. The molecule has 0 unspecified atom stereocenters. The Kier molecular flexibility index (Phi) is 5.96. The first-order valence-electron chi connectivity index (χ1n) is 10.1. The summed E-state index contributed by atoms with van der Waals surface area (Å²) >= 11 is 0. The van der Waals surface area contributed by atoms with Crippen LogP contribution >= 0.6 is 0 Å². The van der Waals surface area contributed by atoms with Gasteiger partial charge in [-0.05, 0) is 44.9 Å². The van der Waals surface area contributed by atoms with E-state index in [0.29, 0.717) is 5.69 Å². The molecule has 3 heterocycles. The third-order valence-corrected chi connectivity index (χ3v) is 4.74. The maximum atomic E-state index is 13.7. The van der Waals surface area contributed by atoms with Crippen molar-refractivity contribution in [3.63, 3.8) is 0 Å². The van der Waals surface area contributed by atoms with E-state index in [2.05, 4.69) is 20.1 Å². The van der Waals surface area contributed by atoms with E-state index in [4.69, 9.17) is 4.74 Å². The Balaban J connectivity index is 1.73. The number of pyridine rings is 2. The van der Waals surface area contributed by atoms with Gasteiger partial charge in [-0.2, -0.15) is 13.2 Å². The molecule has 0 bridgehead atoms. The van der Waals surface area contributed by atoms with Gasteiger partial charge < -0.3 is 4.74 Å². The van der Waals surface area contributed by atoms with Crippen LogP contribution in [0.25, 0.3) is 23.2 Å². The van der Waals surface area contributed by atoms with Crippen LogP contribution in [0.5, 0.6) is 0 Å². The molecule has 0 aromatic carbocycles. The Morgan fingerprint density at radius 2 is 1.97 bits per heavy atom. The van der Waals surface area contributed by atoms with Crippen molar-refractivity contribution in [2.45, 2.75) is 44.9 Å². The van der Waals surface area contributed by atoms with Crippen LogP contribution in [-0.2, 0) is 15.7 Å². The molecule has 1 saturated carbocycles. The van der Waals surface area contributed by atoms with Gasteiger partial charge in [-0.3, -0.25) is 4.98 Å². The lowest BCUT2D eigenvalue weighted by atomic mass is 10.1. The predicted molar refractivity (Wildman–Crippen MR) is 110 cm³/mol. The van der Waals surface area contributed by atoms with Gasteiger partial charge in [0.1, 0.15) is 17.8 Å². The van der Waals surface area contributed by atoms with Gasteiger partial charge in [0, 0.05) is 35.1 Å². The van der Waals surface area contributed by atoms with Gasteiger partial charge in [-0.15, -0.1) is 5.10 Å². The van der Waals surface area contributed by atoms with Gasteiger partial charge in [0.05, 0.1) is 17.9 Å². The minimum Gasteiger partial charge on any atom is -0.459 e. The lowest BCUT2D eigenvalue weighted by Crippen LogP contribution is -2.14. The molecule has 1 aliphatic carbocycles. The van der Waals surface area contributed by atoms with Crippen LogP contribution < -0.4 is 0 Å². The van der Waals surface area contributed by atoms with E-state index < -0.39 is 29.8 Å². The normalized spacial score (nSPS) is 14.6. The van der Waals surface area contributed by atoms with Crippen LogP contribution in [-0.4, -0.2) is 36.8 Å². The molecule has 1 aliphatic rings. The molecule has 11 heteroatoms. The van der Waals surface area contributed by atoms with Gasteiger partial charge >= 0.3 is 12.1 Å². The average molecular weight is 461 g/mol. The van der Waals surface area contributed by atoms with Crippen molar-refractivity contribution in [3.8, 4) is 11.4 Å². The van der Waals surface area contributed by atoms with E-state index in [9.17, 15) is 22.4 Å². The number of hydrogen-bond donors (Lipinski definition) is 0. The van der Waals surface area contributed by atoms with Crippen molar-refractivity contribution in [2.24, 2.45) is 0 Å². The summed E-state index contributed by atoms with van der Waals surface area (Å²) in [5.74, 6) is -1.38. The third kappa shape index (κ3) is 5.41. The summed E-state index contributed by atoms with van der Waals surface area (Å²) < 4.78 is 60.1. The SMILES string of the molecule is CC(C)OC(=O)/C(=C/n1cnc(-c2cc(C3CC3)nc(C(F)(F)F)c2)n1)c1cncc(F)c1. The zero-order valence-corrected chi connectivity index (χ0v) is 17.7. The molecule has 0 spiro atoms. The first-order valence-corrected chi connectivity index (χ1v) is 10.1. The molecule has 33 heavy (non-hydrogen) atoms. The quantitative estimate of drug-likeness (QED) is 0.300. The lowest BCUT2D eigenvalue weighted by molar-refractivity contribution is -0.141. The molecule has 7 nitrogen and oxygen atoms in total. The van der Waals surface area contributed by atoms with Crippen LogP contribution in [0.1, 0.15) is 49.6 Å². The lowest BCUT2D eigenvalue weighted by Gasteiger charge is -2.11. The monoisotopic (exact) mass is 461 g/mol. The molecule has 0 saturated heterocycles. The summed E-state index contributed by atoms with van der Waals surface area (Å²) in [5, 5.41) is 4.19. The Labute approximate surface area is 186 Å². The highest BCUT2D eigenvalue weighted by Gasteiger charge is 2.35. The van der Waals surface area contributed by atoms with Gasteiger partial charge in [0.2, 0.25) is 0 Å². The average Bonchev–Trinajstić information content (AvgIpc) is 3.49. The topological polar surface area (TPSA) is 82.8 Å². The molecule has 0 radical (unpaired) electrons. The van der Waals surface area contributed by atoms with Crippen molar-refractivity contribution < 1.29 is 27.1 Å². The maximum Gasteiger partial charge on any atom is 0.433 e. The minimum atomic E-state index is -4.61. The smallest absolute Gasteiger partial charge is 0.433 e. The maximum absolute atomic E-state index is 13.7. The van der Waals surface area contributed by atoms with Gasteiger partial charge in [-0.1, -0.05) is 0 Å². The van der Waals surface area contributed by atoms with Crippen molar-refractivity contribution in [2.75, 3.05) is 0 Å². The van der Waals surface area contributed by atoms with Crippen molar-refractivity contribution in [1.29, 1.82) is 0 Å². The highest BCUT2D eigenvalue weighted by atomic mass is 19.4. The fourth-order valence-electron chi connectivity index (χ4n) is 3.10. The van der Waals surface area contributed by atoms with E-state index in [1.54, 1.807) is 19.9 Å². The molecule has 3 aromatic heterocycles. The number of aromatic nitrogens is 5. The fraction of sp³-hybridized carbons (Fsp3) is 0.318. The number of esters is 1. The summed E-state index contributed by atoms with van der Waals surface area (Å²) in [6, 6.07) is 3.54. The molecule has 4 rings (SSSR count). The molecular formula is C22H19F4N5O2. The summed E-state index contributed by atoms with van der Waals surface area (Å²) in [4.78, 5) is 24.2. The van der Waals surface area contributed by atoms with Crippen molar-refractivity contribution in [3.05, 3.63) is 59.7 Å². The largest absolute Gasteiger partial charge is 0.459 e. The minimum absolute atomic E-state index is 0.00841. The number of hydrogen-bond acceptors (Lipinski definition) is 6. The predicted octanol–water partition coefficient (Wildman–Crippen LogP) is 4.72. The van der Waals surface area contributed by atoms with Crippen molar-refractivity contribution >= 4 is 17.7 Å². The number of halogens is 4. The van der Waals surface area contributed by atoms with E-state index in [-0.39, 0.29) is 28.4 Å². The van der Waals surface area contributed by atoms with Crippen LogP contribution in [0.4, 0.5) is 17.6 Å². The van der Waals surface area contributed by atoms with E-state index in [0.717, 1.165) is 35.9 Å². The second-order valence-corrected chi connectivity index (χ2v) is 7.87. The molecule has 0 N–H and O–H groups in total. The summed E-state index contributed by atoms with van der Waals surface area (Å²) in [7, 11) is 0. The zero-order chi connectivity index (χ0) is 23.8. The van der Waals surface area contributed by atoms with Crippen LogP contribution in [0.2, 0.25) is 0 Å². The Hall–Kier alpha value is -3.63. The number of ether oxygens (including phenoxy) is 1. The second kappa shape index (κ2) is 8.72. The fourth-order valence-corrected chi connectivity index (χ4v) is 3.10. The molecular weight excluding hydrogens is 442 g/mol. The number of rotatable bonds is 6. The molecule has 3 aromatic rings. The molecule has 0 aliphatic heterocycles. The Morgan fingerprint density at radius 1 is 1.21 bits per heavy atom. The Bertz CT molecular complexity index is 1220. The van der Waals surface area contributed by atoms with Gasteiger partial charge in [0.25, 0.3) is 0 Å². The third-order valence-electron chi connectivity index (χ3n) is 4.74. The van der Waals surface area contributed by atoms with E-state index >= 15 is 0 Å². The number of carbonyl (C=O) groups is 1. The highest BCUT2D eigenvalue weighted by Crippen LogP contribution is 2.41. The summed E-state index contributed by atoms with van der Waals surface area (Å²) in [5.41, 5.74) is -0.404. The first kappa shape index (κ1) is 22.6. The summed E-state index contributed by atoms with van der Waals surface area (Å²) in [6.45, 7) is 3.32. The van der Waals surface area contributed by atoms with Gasteiger partial charge in [0.15, 0.2) is 5.82 Å². The second-order valence-electron chi connectivity index (χ2n) is 7.87. The number of alkyl halides is 3. The number of nitrogens with zero attached hydrogens (tertiary/aromatic N) is 5. The molecule has 1 fully saturated rings. The van der Waals surface area contributed by atoms with E-state index in [1.807, 2.05) is 0 Å². The van der Waals surface area contributed by atoms with Crippen LogP contribution in [0, 0.1) is 5.82 Å². The molecule has 0 atom stereocenters. The standard InChI is InChI=1S/C22H19F4N5O2/c1-12(2)33-21(32)17(15-5-16(23)9-27-8-15)10-31-11-28-20(30-31)14-6-18(13-3-4-13)29-19(7-14)22(24,25)26/h5-13H,3-4H2,1-2H3/b17-10+. The van der Waals surface area contributed by atoms with Gasteiger partial charge in [-0.25, -0.2) is 23.8 Å². The Morgan fingerprint density at radius 3 is 2.61 bits per heavy atom. The summed E-state index contributed by atoms with van der Waals surface area (Å²) in [6.07, 6.45) is 1.27. The van der Waals surface area contributed by atoms with E-state index in [1.165, 1.54) is 18.7 Å². The molecule has 0 amide bonds.